The van der Waals surface area contributed by atoms with Crippen LogP contribution in [0.3, 0.4) is 0 Å². The predicted octanol–water partition coefficient (Wildman–Crippen LogP) is 3.72. The van der Waals surface area contributed by atoms with Crippen LogP contribution in [-0.2, 0) is 4.79 Å². The van der Waals surface area contributed by atoms with Crippen molar-refractivity contribution in [1.82, 2.24) is 10.1 Å². The monoisotopic (exact) mass is 339 g/mol. The van der Waals surface area contributed by atoms with Gasteiger partial charge in [-0.25, -0.2) is 9.78 Å². The first kappa shape index (κ1) is 16.6. The molecule has 25 heavy (non-hydrogen) atoms. The Morgan fingerprint density at radius 1 is 1.20 bits per heavy atom. The molecule has 2 N–H and O–H groups in total. The van der Waals surface area contributed by atoms with E-state index in [9.17, 15) is 14.7 Å². The fraction of sp³-hybridized carbons (Fsp3) is 0.222. The molecule has 1 amide bonds. The molecule has 0 atom stereocenters. The Labute approximate surface area is 143 Å². The summed E-state index contributed by atoms with van der Waals surface area (Å²) in [6.07, 6.45) is 1.86. The molecule has 0 bridgehead atoms. The Balaban J connectivity index is 1.98. The Morgan fingerprint density at radius 2 is 2.00 bits per heavy atom. The van der Waals surface area contributed by atoms with Crippen molar-refractivity contribution in [3.8, 4) is 11.4 Å². The minimum Gasteiger partial charge on any atom is -0.477 e. The van der Waals surface area contributed by atoms with Crippen LogP contribution in [0.15, 0.2) is 40.9 Å². The van der Waals surface area contributed by atoms with Crippen molar-refractivity contribution in [1.29, 1.82) is 0 Å². The topological polar surface area (TPSA) is 105 Å². The number of pyridine rings is 1. The first-order valence-corrected chi connectivity index (χ1v) is 7.99. The van der Waals surface area contributed by atoms with Crippen molar-refractivity contribution >= 4 is 28.7 Å². The van der Waals surface area contributed by atoms with Crippen LogP contribution in [0.2, 0.25) is 0 Å². The Kier molecular flexibility index (Phi) is 4.74. The number of carbonyl (C=O) groups excluding carboxylic acids is 1. The second-order valence-corrected chi connectivity index (χ2v) is 5.58. The molecule has 7 nitrogen and oxygen atoms in total. The maximum atomic E-state index is 11.9. The Morgan fingerprint density at radius 3 is 2.76 bits per heavy atom. The molecule has 0 radical (unpaired) electrons. The van der Waals surface area contributed by atoms with E-state index in [0.29, 0.717) is 24.1 Å². The number of nitrogens with one attached hydrogen (secondary N) is 1. The quantitative estimate of drug-likeness (QED) is 0.709. The smallest absolute Gasteiger partial charge is 0.343 e. The fourth-order valence-corrected chi connectivity index (χ4v) is 2.47. The highest BCUT2D eigenvalue weighted by Gasteiger charge is 2.25. The molecular formula is C18H17N3O4. The van der Waals surface area contributed by atoms with Gasteiger partial charge in [0.05, 0.1) is 11.2 Å². The molecule has 0 aliphatic rings. The summed E-state index contributed by atoms with van der Waals surface area (Å²) < 4.78 is 5.07. The zero-order chi connectivity index (χ0) is 17.8. The van der Waals surface area contributed by atoms with E-state index in [1.807, 2.05) is 37.3 Å². The van der Waals surface area contributed by atoms with E-state index < -0.39 is 5.97 Å². The van der Waals surface area contributed by atoms with Crippen molar-refractivity contribution in [3.05, 3.63) is 42.0 Å². The summed E-state index contributed by atoms with van der Waals surface area (Å²) in [4.78, 5) is 27.9. The summed E-state index contributed by atoms with van der Waals surface area (Å²) in [7, 11) is 0. The molecule has 0 aliphatic carbocycles. The van der Waals surface area contributed by atoms with Crippen LogP contribution in [0.5, 0.6) is 0 Å². The van der Waals surface area contributed by atoms with Gasteiger partial charge in [-0.1, -0.05) is 42.8 Å². The SMILES string of the molecule is CCCCC(=O)Nc1onc(-c2ccc3ccccc3n2)c1C(=O)O. The highest BCUT2D eigenvalue weighted by Crippen LogP contribution is 2.29. The molecule has 128 valence electrons. The highest BCUT2D eigenvalue weighted by molar-refractivity contribution is 6.03. The third-order valence-electron chi connectivity index (χ3n) is 3.76. The van der Waals surface area contributed by atoms with Crippen molar-refractivity contribution < 1.29 is 19.2 Å². The first-order valence-electron chi connectivity index (χ1n) is 7.99. The lowest BCUT2D eigenvalue weighted by molar-refractivity contribution is -0.116. The van der Waals surface area contributed by atoms with Gasteiger partial charge in [0.2, 0.25) is 11.8 Å². The lowest BCUT2D eigenvalue weighted by Crippen LogP contribution is -2.13. The van der Waals surface area contributed by atoms with Gasteiger partial charge in [-0.2, -0.15) is 0 Å². The number of fused-ring (bicyclic) bond motifs is 1. The normalized spacial score (nSPS) is 10.8. The molecule has 0 unspecified atom stereocenters. The number of carboxylic acid groups (broad SMARTS) is 1. The number of benzene rings is 1. The molecule has 0 saturated carbocycles. The number of aromatic carboxylic acids is 1. The van der Waals surface area contributed by atoms with Crippen molar-refractivity contribution in [2.24, 2.45) is 0 Å². The van der Waals surface area contributed by atoms with Gasteiger partial charge in [0.25, 0.3) is 0 Å². The number of hydrogen-bond acceptors (Lipinski definition) is 5. The van der Waals surface area contributed by atoms with E-state index in [1.165, 1.54) is 0 Å². The number of rotatable bonds is 6. The van der Waals surface area contributed by atoms with Gasteiger partial charge in [-0.3, -0.25) is 10.1 Å². The molecule has 0 spiro atoms. The summed E-state index contributed by atoms with van der Waals surface area (Å²) in [6.45, 7) is 1.97. The molecule has 0 saturated heterocycles. The average Bonchev–Trinajstić information content (AvgIpc) is 3.03. The minimum absolute atomic E-state index is 0.0871. The van der Waals surface area contributed by atoms with Crippen LogP contribution in [0.25, 0.3) is 22.3 Å². The van der Waals surface area contributed by atoms with Gasteiger partial charge in [-0.15, -0.1) is 0 Å². The van der Waals surface area contributed by atoms with E-state index in [4.69, 9.17) is 4.52 Å². The molecular weight excluding hydrogens is 322 g/mol. The van der Waals surface area contributed by atoms with E-state index in [2.05, 4.69) is 15.5 Å². The zero-order valence-corrected chi connectivity index (χ0v) is 13.7. The number of carbonyl (C=O) groups is 2. The Hall–Kier alpha value is -3.22. The largest absolute Gasteiger partial charge is 0.477 e. The third kappa shape index (κ3) is 3.50. The number of carboxylic acids is 1. The van der Waals surface area contributed by atoms with Crippen LogP contribution in [0, 0.1) is 0 Å². The predicted molar refractivity (Wildman–Crippen MR) is 92.4 cm³/mol. The Bertz CT molecular complexity index is 933. The number of unbranched alkanes of at least 4 members (excludes halogenated alkanes) is 1. The van der Waals surface area contributed by atoms with Crippen LogP contribution < -0.4 is 5.32 Å². The number of nitrogens with zero attached hydrogens (tertiary/aromatic N) is 2. The third-order valence-corrected chi connectivity index (χ3v) is 3.76. The van der Waals surface area contributed by atoms with Crippen LogP contribution >= 0.6 is 0 Å². The van der Waals surface area contributed by atoms with E-state index in [1.54, 1.807) is 6.07 Å². The number of anilines is 1. The standard InChI is InChI=1S/C18H17N3O4/c1-2-3-8-14(22)20-17-15(18(23)24)16(21-25-17)13-10-9-11-6-4-5-7-12(11)19-13/h4-7,9-10H,2-3,8H2,1H3,(H,20,22)(H,23,24). The lowest BCUT2D eigenvalue weighted by atomic mass is 10.1. The number of amides is 1. The summed E-state index contributed by atoms with van der Waals surface area (Å²) in [5.74, 6) is -1.71. The van der Waals surface area contributed by atoms with Gasteiger partial charge in [0, 0.05) is 11.8 Å². The average molecular weight is 339 g/mol. The van der Waals surface area contributed by atoms with Gasteiger partial charge in [0.1, 0.15) is 5.69 Å². The summed E-state index contributed by atoms with van der Waals surface area (Å²) in [5, 5.41) is 16.7. The molecule has 3 aromatic rings. The molecule has 0 fully saturated rings. The molecule has 2 heterocycles. The van der Waals surface area contributed by atoms with Crippen molar-refractivity contribution in [2.45, 2.75) is 26.2 Å². The lowest BCUT2D eigenvalue weighted by Gasteiger charge is -2.03. The second kappa shape index (κ2) is 7.12. The van der Waals surface area contributed by atoms with Crippen LogP contribution in [0.1, 0.15) is 36.5 Å². The number of aromatic nitrogens is 2. The minimum atomic E-state index is -1.24. The zero-order valence-electron chi connectivity index (χ0n) is 13.7. The number of hydrogen-bond donors (Lipinski definition) is 2. The van der Waals surface area contributed by atoms with Gasteiger partial charge in [0.15, 0.2) is 5.56 Å². The fourth-order valence-electron chi connectivity index (χ4n) is 2.47. The van der Waals surface area contributed by atoms with Crippen molar-refractivity contribution in [3.63, 3.8) is 0 Å². The summed E-state index contributed by atoms with van der Waals surface area (Å²) in [6, 6.07) is 11.0. The molecule has 0 aliphatic heterocycles. The second-order valence-electron chi connectivity index (χ2n) is 5.58. The molecule has 3 rings (SSSR count). The van der Waals surface area contributed by atoms with E-state index >= 15 is 0 Å². The van der Waals surface area contributed by atoms with Gasteiger partial charge in [-0.05, 0) is 18.6 Å². The first-order chi connectivity index (χ1) is 12.1. The molecule has 7 heteroatoms. The summed E-state index contributed by atoms with van der Waals surface area (Å²) in [5.41, 5.74) is 0.971. The van der Waals surface area contributed by atoms with Gasteiger partial charge >= 0.3 is 5.97 Å². The molecule has 1 aromatic carbocycles. The highest BCUT2D eigenvalue weighted by atomic mass is 16.5. The van der Waals surface area contributed by atoms with E-state index in [0.717, 1.165) is 11.8 Å². The van der Waals surface area contributed by atoms with Crippen LogP contribution in [0.4, 0.5) is 5.88 Å². The van der Waals surface area contributed by atoms with Gasteiger partial charge < -0.3 is 9.63 Å². The maximum Gasteiger partial charge on any atom is 0.343 e. The van der Waals surface area contributed by atoms with Crippen molar-refractivity contribution in [2.75, 3.05) is 5.32 Å². The summed E-state index contributed by atoms with van der Waals surface area (Å²) >= 11 is 0. The van der Waals surface area contributed by atoms with Crippen LogP contribution in [-0.4, -0.2) is 27.1 Å². The number of para-hydroxylation sites is 1. The molecule has 2 aromatic heterocycles. The maximum absolute atomic E-state index is 11.9. The van der Waals surface area contributed by atoms with E-state index in [-0.39, 0.29) is 23.0 Å².